The molecule has 0 saturated carbocycles. The van der Waals surface area contributed by atoms with Crippen molar-refractivity contribution in [3.05, 3.63) is 22.4 Å². The highest BCUT2D eigenvalue weighted by Gasteiger charge is 2.23. The van der Waals surface area contributed by atoms with E-state index in [0.717, 1.165) is 23.3 Å². The first-order valence-electron chi connectivity index (χ1n) is 7.38. The maximum absolute atomic E-state index is 12.5. The standard InChI is InChI=1S/C15H24BrN3O.ClH/c1-10(2)19-9-13(16)7-14(19)15(20)18-11(3)12-5-4-6-17-8-12;/h7,9-12,17H,4-6,8H2,1-3H3,(H,18,20);1H. The topological polar surface area (TPSA) is 46.1 Å². The number of piperidine rings is 1. The van der Waals surface area contributed by atoms with Crippen LogP contribution in [0.2, 0.25) is 0 Å². The van der Waals surface area contributed by atoms with Crippen LogP contribution in [0, 0.1) is 5.92 Å². The lowest BCUT2D eigenvalue weighted by Crippen LogP contribution is -2.45. The lowest BCUT2D eigenvalue weighted by atomic mass is 9.93. The van der Waals surface area contributed by atoms with Crippen molar-refractivity contribution in [3.63, 3.8) is 0 Å². The highest BCUT2D eigenvalue weighted by atomic mass is 79.9. The summed E-state index contributed by atoms with van der Waals surface area (Å²) in [6.07, 6.45) is 4.34. The fourth-order valence-electron chi connectivity index (χ4n) is 2.76. The van der Waals surface area contributed by atoms with E-state index < -0.39 is 0 Å². The van der Waals surface area contributed by atoms with Crippen molar-refractivity contribution in [1.82, 2.24) is 15.2 Å². The highest BCUT2D eigenvalue weighted by molar-refractivity contribution is 9.10. The summed E-state index contributed by atoms with van der Waals surface area (Å²) in [5, 5.41) is 6.55. The van der Waals surface area contributed by atoms with Crippen molar-refractivity contribution in [2.75, 3.05) is 13.1 Å². The molecular formula is C15H25BrClN3O. The number of carbonyl (C=O) groups excluding carboxylic acids is 1. The van der Waals surface area contributed by atoms with Crippen molar-refractivity contribution >= 4 is 34.2 Å². The van der Waals surface area contributed by atoms with Crippen LogP contribution in [-0.2, 0) is 0 Å². The molecule has 0 aromatic carbocycles. The third-order valence-corrected chi connectivity index (χ3v) is 4.44. The van der Waals surface area contributed by atoms with Gasteiger partial charge in [0.2, 0.25) is 0 Å². The molecule has 120 valence electrons. The van der Waals surface area contributed by atoms with Crippen LogP contribution in [0.1, 0.15) is 50.1 Å². The Balaban J connectivity index is 0.00000220. The van der Waals surface area contributed by atoms with Gasteiger partial charge in [0, 0.05) is 22.8 Å². The van der Waals surface area contributed by atoms with Gasteiger partial charge in [0.15, 0.2) is 0 Å². The van der Waals surface area contributed by atoms with Gasteiger partial charge in [-0.2, -0.15) is 0 Å². The van der Waals surface area contributed by atoms with Crippen LogP contribution in [0.15, 0.2) is 16.7 Å². The predicted molar refractivity (Wildman–Crippen MR) is 92.3 cm³/mol. The number of halogens is 2. The summed E-state index contributed by atoms with van der Waals surface area (Å²) in [7, 11) is 0. The van der Waals surface area contributed by atoms with Crippen LogP contribution in [-0.4, -0.2) is 29.6 Å². The number of hydrogen-bond acceptors (Lipinski definition) is 2. The zero-order valence-corrected chi connectivity index (χ0v) is 15.3. The third kappa shape index (κ3) is 4.73. The SMILES string of the molecule is CC(NC(=O)c1cc(Br)cn1C(C)C)C1CCCNC1.Cl. The van der Waals surface area contributed by atoms with E-state index in [1.807, 2.05) is 16.8 Å². The number of hydrogen-bond donors (Lipinski definition) is 2. The van der Waals surface area contributed by atoms with E-state index >= 15 is 0 Å². The lowest BCUT2D eigenvalue weighted by molar-refractivity contribution is 0.0911. The molecule has 1 amide bonds. The highest BCUT2D eigenvalue weighted by Crippen LogP contribution is 2.20. The number of rotatable bonds is 4. The van der Waals surface area contributed by atoms with E-state index in [2.05, 4.69) is 47.3 Å². The molecule has 2 heterocycles. The first-order valence-corrected chi connectivity index (χ1v) is 8.17. The molecule has 4 nitrogen and oxygen atoms in total. The van der Waals surface area contributed by atoms with Gasteiger partial charge < -0.3 is 15.2 Å². The van der Waals surface area contributed by atoms with Crippen LogP contribution in [0.5, 0.6) is 0 Å². The van der Waals surface area contributed by atoms with Gasteiger partial charge in [-0.25, -0.2) is 0 Å². The minimum absolute atomic E-state index is 0. The Morgan fingerprint density at radius 3 is 2.76 bits per heavy atom. The fraction of sp³-hybridized carbons (Fsp3) is 0.667. The van der Waals surface area contributed by atoms with Gasteiger partial charge in [0.05, 0.1) is 0 Å². The molecule has 2 rings (SSSR count). The molecule has 0 bridgehead atoms. The Kier molecular flexibility index (Phi) is 7.24. The van der Waals surface area contributed by atoms with Gasteiger partial charge in [-0.15, -0.1) is 12.4 Å². The number of carbonyl (C=O) groups is 1. The molecule has 0 aliphatic carbocycles. The van der Waals surface area contributed by atoms with Gasteiger partial charge in [0.1, 0.15) is 5.69 Å². The smallest absolute Gasteiger partial charge is 0.268 e. The number of nitrogens with one attached hydrogen (secondary N) is 2. The van der Waals surface area contributed by atoms with E-state index in [1.54, 1.807) is 0 Å². The lowest BCUT2D eigenvalue weighted by Gasteiger charge is -2.29. The third-order valence-electron chi connectivity index (χ3n) is 4.01. The molecule has 2 unspecified atom stereocenters. The van der Waals surface area contributed by atoms with Crippen LogP contribution >= 0.6 is 28.3 Å². The Morgan fingerprint density at radius 2 is 2.19 bits per heavy atom. The molecule has 0 radical (unpaired) electrons. The Hall–Kier alpha value is -0.520. The van der Waals surface area contributed by atoms with E-state index in [-0.39, 0.29) is 30.4 Å². The largest absolute Gasteiger partial charge is 0.348 e. The van der Waals surface area contributed by atoms with E-state index in [9.17, 15) is 4.79 Å². The molecule has 2 N–H and O–H groups in total. The van der Waals surface area contributed by atoms with Gasteiger partial charge in [0.25, 0.3) is 5.91 Å². The molecule has 1 saturated heterocycles. The monoisotopic (exact) mass is 377 g/mol. The van der Waals surface area contributed by atoms with Crippen LogP contribution in [0.4, 0.5) is 0 Å². The van der Waals surface area contributed by atoms with Crippen molar-refractivity contribution in [1.29, 1.82) is 0 Å². The van der Waals surface area contributed by atoms with Crippen LogP contribution in [0.25, 0.3) is 0 Å². The van der Waals surface area contributed by atoms with Crippen molar-refractivity contribution < 1.29 is 4.79 Å². The molecule has 1 aromatic rings. The number of amides is 1. The summed E-state index contributed by atoms with van der Waals surface area (Å²) in [5.41, 5.74) is 0.725. The van der Waals surface area contributed by atoms with E-state index in [4.69, 9.17) is 0 Å². The first-order chi connectivity index (χ1) is 9.49. The van der Waals surface area contributed by atoms with Gasteiger partial charge in [-0.1, -0.05) is 0 Å². The summed E-state index contributed by atoms with van der Waals surface area (Å²) in [5.74, 6) is 0.543. The fourth-order valence-corrected chi connectivity index (χ4v) is 3.20. The molecule has 1 fully saturated rings. The molecule has 1 aliphatic rings. The number of aromatic nitrogens is 1. The predicted octanol–water partition coefficient (Wildman–Crippen LogP) is 3.37. The molecule has 1 aromatic heterocycles. The summed E-state index contributed by atoms with van der Waals surface area (Å²) >= 11 is 3.45. The summed E-state index contributed by atoms with van der Waals surface area (Å²) in [6.45, 7) is 8.36. The summed E-state index contributed by atoms with van der Waals surface area (Å²) in [6, 6.07) is 2.36. The zero-order chi connectivity index (χ0) is 14.7. The average molecular weight is 379 g/mol. The molecular weight excluding hydrogens is 354 g/mol. The summed E-state index contributed by atoms with van der Waals surface area (Å²) < 4.78 is 2.95. The number of nitrogens with zero attached hydrogens (tertiary/aromatic N) is 1. The van der Waals surface area contributed by atoms with Crippen molar-refractivity contribution in [3.8, 4) is 0 Å². The van der Waals surface area contributed by atoms with Gasteiger partial charge in [-0.05, 0) is 74.6 Å². The molecule has 21 heavy (non-hydrogen) atoms. The quantitative estimate of drug-likeness (QED) is 0.844. The summed E-state index contributed by atoms with van der Waals surface area (Å²) in [4.78, 5) is 12.5. The second-order valence-electron chi connectivity index (χ2n) is 5.91. The Labute approximate surface area is 141 Å². The maximum Gasteiger partial charge on any atom is 0.268 e. The normalized spacial score (nSPS) is 20.0. The second kappa shape index (κ2) is 8.20. The molecule has 2 atom stereocenters. The van der Waals surface area contributed by atoms with Crippen LogP contribution < -0.4 is 10.6 Å². The van der Waals surface area contributed by atoms with E-state index in [0.29, 0.717) is 5.92 Å². The van der Waals surface area contributed by atoms with Crippen molar-refractivity contribution in [2.45, 2.75) is 45.7 Å². The van der Waals surface area contributed by atoms with E-state index in [1.165, 1.54) is 12.8 Å². The van der Waals surface area contributed by atoms with Crippen molar-refractivity contribution in [2.24, 2.45) is 5.92 Å². The van der Waals surface area contributed by atoms with Gasteiger partial charge in [-0.3, -0.25) is 4.79 Å². The molecule has 0 spiro atoms. The average Bonchev–Trinajstić information content (AvgIpc) is 2.82. The minimum Gasteiger partial charge on any atom is -0.348 e. The first kappa shape index (κ1) is 18.5. The Morgan fingerprint density at radius 1 is 1.48 bits per heavy atom. The maximum atomic E-state index is 12.5. The molecule has 6 heteroatoms. The Bertz CT molecular complexity index is 469. The zero-order valence-electron chi connectivity index (χ0n) is 12.9. The molecule has 1 aliphatic heterocycles. The minimum atomic E-state index is 0. The van der Waals surface area contributed by atoms with Crippen LogP contribution in [0.3, 0.4) is 0 Å². The van der Waals surface area contributed by atoms with Gasteiger partial charge >= 0.3 is 0 Å². The second-order valence-corrected chi connectivity index (χ2v) is 6.83.